The molecule has 0 radical (unpaired) electrons. The van der Waals surface area contributed by atoms with Gasteiger partial charge in [-0.15, -0.1) is 0 Å². The van der Waals surface area contributed by atoms with Crippen molar-refractivity contribution < 1.29 is 23.8 Å². The van der Waals surface area contributed by atoms with E-state index in [1.807, 2.05) is 29.1 Å². The van der Waals surface area contributed by atoms with E-state index in [0.29, 0.717) is 12.0 Å². The van der Waals surface area contributed by atoms with E-state index >= 15 is 0 Å². The molecule has 1 heterocycles. The molecule has 1 aromatic heterocycles. The lowest BCUT2D eigenvalue weighted by Gasteiger charge is -2.05. The zero-order valence-corrected chi connectivity index (χ0v) is 19.5. The number of benzene rings is 2. The van der Waals surface area contributed by atoms with Crippen LogP contribution >= 0.6 is 38.9 Å². The Bertz CT molecular complexity index is 1150. The van der Waals surface area contributed by atoms with Crippen LogP contribution in [-0.2, 0) is 17.7 Å². The van der Waals surface area contributed by atoms with E-state index in [9.17, 15) is 19.7 Å². The molecule has 7 nitrogen and oxygen atoms in total. The van der Waals surface area contributed by atoms with Gasteiger partial charge in [-0.25, -0.2) is 4.79 Å². The molecule has 0 aliphatic carbocycles. The van der Waals surface area contributed by atoms with Crippen LogP contribution in [0.4, 0.5) is 5.69 Å². The van der Waals surface area contributed by atoms with Crippen molar-refractivity contribution in [2.75, 3.05) is 6.61 Å². The van der Waals surface area contributed by atoms with Crippen LogP contribution in [0.25, 0.3) is 0 Å². The van der Waals surface area contributed by atoms with Crippen LogP contribution in [0, 0.1) is 17.0 Å². The van der Waals surface area contributed by atoms with Crippen molar-refractivity contribution in [2.45, 2.75) is 19.9 Å². The van der Waals surface area contributed by atoms with Crippen LogP contribution in [0.2, 0.25) is 5.02 Å². The highest BCUT2D eigenvalue weighted by molar-refractivity contribution is 9.10. The molecule has 0 N–H and O–H groups in total. The molecule has 0 atom stereocenters. The first-order valence-corrected chi connectivity index (χ1v) is 11.2. The molecule has 160 valence electrons. The van der Waals surface area contributed by atoms with Gasteiger partial charge in [0.1, 0.15) is 0 Å². The Labute approximate surface area is 195 Å². The number of nitrogens with zero attached hydrogens (tertiary/aromatic N) is 2. The largest absolute Gasteiger partial charge is 0.462 e. The molecule has 10 heteroatoms. The van der Waals surface area contributed by atoms with Crippen molar-refractivity contribution in [1.82, 2.24) is 0 Å². The standard InChI is InChI=1S/C21H17BrClN2O5S/c1-13-20(31-12-24(13)11-19(26)14-2-4-15(22)5-3-14)8-9-30-21(27)17-10-16(25(28)29)6-7-18(17)23/h2-7,10,12H,8-9,11H2,1H3/q+1. The van der Waals surface area contributed by atoms with Crippen LogP contribution in [-0.4, -0.2) is 23.3 Å². The predicted octanol–water partition coefficient (Wildman–Crippen LogP) is 4.95. The van der Waals surface area contributed by atoms with Crippen molar-refractivity contribution in [3.63, 3.8) is 0 Å². The van der Waals surface area contributed by atoms with Crippen molar-refractivity contribution in [1.29, 1.82) is 0 Å². The number of nitro benzene ring substituents is 1. The quantitative estimate of drug-likeness (QED) is 0.137. The number of carbonyl (C=O) groups excluding carboxylic acids is 2. The molecular weight excluding hydrogens is 508 g/mol. The molecule has 0 spiro atoms. The van der Waals surface area contributed by atoms with Crippen LogP contribution in [0.3, 0.4) is 0 Å². The van der Waals surface area contributed by atoms with Crippen LogP contribution in [0.1, 0.15) is 31.3 Å². The van der Waals surface area contributed by atoms with Gasteiger partial charge in [0.2, 0.25) is 17.8 Å². The number of aromatic nitrogens is 1. The van der Waals surface area contributed by atoms with Gasteiger partial charge >= 0.3 is 5.97 Å². The average molecular weight is 525 g/mol. The molecule has 0 saturated carbocycles. The highest BCUT2D eigenvalue weighted by atomic mass is 79.9. The van der Waals surface area contributed by atoms with E-state index in [-0.39, 0.29) is 35.2 Å². The van der Waals surface area contributed by atoms with Crippen molar-refractivity contribution in [2.24, 2.45) is 0 Å². The van der Waals surface area contributed by atoms with Gasteiger partial charge < -0.3 is 4.74 Å². The number of thiazole rings is 1. The first kappa shape index (κ1) is 23.1. The summed E-state index contributed by atoms with van der Waals surface area (Å²) in [6.07, 6.45) is 0.453. The molecule has 0 amide bonds. The molecule has 2 aromatic carbocycles. The summed E-state index contributed by atoms with van der Waals surface area (Å²) in [6.45, 7) is 2.20. The number of nitro groups is 1. The lowest BCUT2D eigenvalue weighted by atomic mass is 10.1. The van der Waals surface area contributed by atoms with E-state index in [1.165, 1.54) is 23.5 Å². The first-order valence-electron chi connectivity index (χ1n) is 9.12. The summed E-state index contributed by atoms with van der Waals surface area (Å²) in [5.74, 6) is -0.724. The number of rotatable bonds is 8. The molecule has 31 heavy (non-hydrogen) atoms. The van der Waals surface area contributed by atoms with Gasteiger partial charge in [-0.3, -0.25) is 14.9 Å². The van der Waals surface area contributed by atoms with Crippen LogP contribution < -0.4 is 4.57 Å². The maximum Gasteiger partial charge on any atom is 0.339 e. The normalized spacial score (nSPS) is 10.7. The number of halogens is 2. The number of non-ortho nitro benzene ring substituents is 1. The Morgan fingerprint density at radius 3 is 2.61 bits per heavy atom. The number of hydrogen-bond donors (Lipinski definition) is 0. The Morgan fingerprint density at radius 1 is 1.23 bits per heavy atom. The van der Waals surface area contributed by atoms with Gasteiger partial charge in [-0.05, 0) is 18.2 Å². The van der Waals surface area contributed by atoms with Gasteiger partial charge in [0.15, 0.2) is 5.69 Å². The third kappa shape index (κ3) is 5.75. The zero-order chi connectivity index (χ0) is 22.5. The first-order chi connectivity index (χ1) is 14.8. The second-order valence-corrected chi connectivity index (χ2v) is 8.86. The molecular formula is C21H17BrClN2O5S+. The van der Waals surface area contributed by atoms with E-state index in [1.54, 1.807) is 12.1 Å². The minimum Gasteiger partial charge on any atom is -0.462 e. The van der Waals surface area contributed by atoms with Gasteiger partial charge in [0.25, 0.3) is 5.69 Å². The number of hydrogen-bond acceptors (Lipinski definition) is 6. The lowest BCUT2D eigenvalue weighted by molar-refractivity contribution is -0.684. The molecule has 0 fully saturated rings. The van der Waals surface area contributed by atoms with Gasteiger partial charge in [-0.1, -0.05) is 51.0 Å². The zero-order valence-electron chi connectivity index (χ0n) is 16.3. The third-order valence-electron chi connectivity index (χ3n) is 4.58. The summed E-state index contributed by atoms with van der Waals surface area (Å²) < 4.78 is 8.03. The molecule has 0 aliphatic rings. The smallest absolute Gasteiger partial charge is 0.339 e. The second-order valence-electron chi connectivity index (χ2n) is 6.60. The minimum atomic E-state index is -0.721. The van der Waals surface area contributed by atoms with E-state index in [0.717, 1.165) is 21.1 Å². The molecule has 0 aliphatic heterocycles. The van der Waals surface area contributed by atoms with E-state index < -0.39 is 10.9 Å². The molecule has 0 unspecified atom stereocenters. The molecule has 0 bridgehead atoms. The summed E-state index contributed by atoms with van der Waals surface area (Å²) in [4.78, 5) is 36.0. The fourth-order valence-corrected chi connectivity index (χ4v) is 4.26. The highest BCUT2D eigenvalue weighted by Crippen LogP contribution is 2.23. The Morgan fingerprint density at radius 2 is 1.94 bits per heavy atom. The Balaban J connectivity index is 1.59. The Kier molecular flexibility index (Phi) is 7.53. The fourth-order valence-electron chi connectivity index (χ4n) is 2.83. The maximum atomic E-state index is 12.5. The predicted molar refractivity (Wildman–Crippen MR) is 120 cm³/mol. The molecule has 0 saturated heterocycles. The molecule has 3 aromatic rings. The Hall–Kier alpha value is -2.62. The summed E-state index contributed by atoms with van der Waals surface area (Å²) in [5, 5.41) is 11.0. The average Bonchev–Trinajstić information content (AvgIpc) is 3.08. The summed E-state index contributed by atoms with van der Waals surface area (Å²) in [7, 11) is 0. The van der Waals surface area contributed by atoms with E-state index in [2.05, 4.69) is 15.9 Å². The monoisotopic (exact) mass is 523 g/mol. The topological polar surface area (TPSA) is 90.4 Å². The van der Waals surface area contributed by atoms with E-state index in [4.69, 9.17) is 16.3 Å². The summed E-state index contributed by atoms with van der Waals surface area (Å²) in [6, 6.07) is 10.8. The second kappa shape index (κ2) is 10.1. The number of carbonyl (C=O) groups is 2. The lowest BCUT2D eigenvalue weighted by Crippen LogP contribution is -2.38. The van der Waals surface area contributed by atoms with Crippen molar-refractivity contribution in [3.05, 3.63) is 89.3 Å². The third-order valence-corrected chi connectivity index (χ3v) is 6.58. The number of ketones is 1. The van der Waals surface area contributed by atoms with Gasteiger partial charge in [-0.2, -0.15) is 4.57 Å². The maximum absolute atomic E-state index is 12.5. The van der Waals surface area contributed by atoms with Gasteiger partial charge in [0, 0.05) is 35.5 Å². The molecule has 3 rings (SSSR count). The van der Waals surface area contributed by atoms with Crippen molar-refractivity contribution in [3.8, 4) is 0 Å². The number of esters is 1. The van der Waals surface area contributed by atoms with Crippen LogP contribution in [0.5, 0.6) is 0 Å². The van der Waals surface area contributed by atoms with Crippen molar-refractivity contribution >= 4 is 56.3 Å². The minimum absolute atomic E-state index is 0.00306. The SMILES string of the molecule is Cc1c(CCOC(=O)c2cc([N+](=O)[O-])ccc2Cl)sc[n+]1CC(=O)c1ccc(Br)cc1. The number of Topliss-reactive ketones (excluding diaryl/α,β-unsaturated/α-hetero) is 1. The number of ether oxygens (including phenoxy) is 1. The summed E-state index contributed by atoms with van der Waals surface area (Å²) >= 11 is 10.8. The fraction of sp³-hybridized carbons (Fsp3) is 0.190. The highest BCUT2D eigenvalue weighted by Gasteiger charge is 2.21. The summed E-state index contributed by atoms with van der Waals surface area (Å²) in [5.41, 5.74) is 3.13. The van der Waals surface area contributed by atoms with Crippen LogP contribution in [0.15, 0.2) is 52.4 Å². The van der Waals surface area contributed by atoms with Gasteiger partial charge in [0.05, 0.1) is 27.0 Å².